The van der Waals surface area contributed by atoms with E-state index >= 15 is 0 Å². The van der Waals surface area contributed by atoms with E-state index in [0.717, 1.165) is 23.4 Å². The highest BCUT2D eigenvalue weighted by Crippen LogP contribution is 2.26. The second-order valence-electron chi connectivity index (χ2n) is 5.06. The van der Waals surface area contributed by atoms with Gasteiger partial charge in [-0.3, -0.25) is 4.68 Å². The molecule has 1 N–H and O–H groups in total. The fourth-order valence-electron chi connectivity index (χ4n) is 2.17. The summed E-state index contributed by atoms with van der Waals surface area (Å²) in [4.78, 5) is 0. The van der Waals surface area contributed by atoms with Crippen molar-refractivity contribution in [2.75, 3.05) is 0 Å². The molecule has 1 atom stereocenters. The van der Waals surface area contributed by atoms with Crippen LogP contribution in [-0.2, 0) is 25.5 Å². The summed E-state index contributed by atoms with van der Waals surface area (Å²) in [7, 11) is 1.91. The highest BCUT2D eigenvalue weighted by atomic mass is 35.5. The van der Waals surface area contributed by atoms with Gasteiger partial charge in [-0.05, 0) is 37.1 Å². The van der Waals surface area contributed by atoms with Crippen LogP contribution in [0.3, 0.4) is 0 Å². The number of hydrogen-bond donors (Lipinski definition) is 1. The van der Waals surface area contributed by atoms with Crippen molar-refractivity contribution >= 4 is 11.6 Å². The van der Waals surface area contributed by atoms with Gasteiger partial charge in [0.1, 0.15) is 0 Å². The third-order valence-corrected chi connectivity index (χ3v) is 3.63. The number of hydrogen-bond acceptors (Lipinski definition) is 2. The van der Waals surface area contributed by atoms with E-state index in [1.165, 1.54) is 0 Å². The number of halogens is 1. The summed E-state index contributed by atoms with van der Waals surface area (Å²) >= 11 is 5.87. The molecule has 0 radical (unpaired) electrons. The lowest BCUT2D eigenvalue weighted by molar-refractivity contribution is 0.0556. The van der Waals surface area contributed by atoms with E-state index < -0.39 is 5.60 Å². The van der Waals surface area contributed by atoms with Crippen molar-refractivity contribution in [3.05, 3.63) is 52.3 Å². The standard InChI is InChI=1S/C15H19ClN2O/c1-4-13-9-14(18(3)17-13)10-15(2,19)11-5-7-12(16)8-6-11/h5-9,19H,4,10H2,1-3H3. The van der Waals surface area contributed by atoms with Crippen LogP contribution in [-0.4, -0.2) is 14.9 Å². The molecule has 0 bridgehead atoms. The third-order valence-electron chi connectivity index (χ3n) is 3.38. The van der Waals surface area contributed by atoms with Crippen molar-refractivity contribution in [3.63, 3.8) is 0 Å². The lowest BCUT2D eigenvalue weighted by Crippen LogP contribution is -2.25. The second kappa shape index (κ2) is 5.35. The van der Waals surface area contributed by atoms with Gasteiger partial charge in [0.2, 0.25) is 0 Å². The molecule has 0 saturated heterocycles. The molecule has 1 unspecified atom stereocenters. The Morgan fingerprint density at radius 1 is 1.32 bits per heavy atom. The number of aliphatic hydroxyl groups is 1. The molecule has 2 aromatic rings. The number of aromatic nitrogens is 2. The van der Waals surface area contributed by atoms with Crippen molar-refractivity contribution in [2.45, 2.75) is 32.3 Å². The van der Waals surface area contributed by atoms with Crippen LogP contribution < -0.4 is 0 Å². The van der Waals surface area contributed by atoms with Gasteiger partial charge >= 0.3 is 0 Å². The van der Waals surface area contributed by atoms with Crippen LogP contribution in [0, 0.1) is 0 Å². The summed E-state index contributed by atoms with van der Waals surface area (Å²) in [6, 6.07) is 9.36. The Kier molecular flexibility index (Phi) is 3.97. The van der Waals surface area contributed by atoms with Gasteiger partial charge in [-0.15, -0.1) is 0 Å². The molecule has 0 spiro atoms. The summed E-state index contributed by atoms with van der Waals surface area (Å²) in [6.07, 6.45) is 1.43. The maximum absolute atomic E-state index is 10.7. The topological polar surface area (TPSA) is 38.0 Å². The molecule has 1 aromatic heterocycles. The van der Waals surface area contributed by atoms with Crippen molar-refractivity contribution in [3.8, 4) is 0 Å². The lowest BCUT2D eigenvalue weighted by atomic mass is 9.91. The summed E-state index contributed by atoms with van der Waals surface area (Å²) in [5.41, 5.74) is 2.00. The molecule has 19 heavy (non-hydrogen) atoms. The Balaban J connectivity index is 2.24. The average Bonchev–Trinajstić information content (AvgIpc) is 2.70. The predicted molar refractivity (Wildman–Crippen MR) is 77.3 cm³/mol. The molecule has 4 heteroatoms. The van der Waals surface area contributed by atoms with E-state index in [2.05, 4.69) is 12.0 Å². The maximum Gasteiger partial charge on any atom is 0.0923 e. The largest absolute Gasteiger partial charge is 0.385 e. The van der Waals surface area contributed by atoms with Gasteiger partial charge < -0.3 is 5.11 Å². The Morgan fingerprint density at radius 2 is 1.95 bits per heavy atom. The lowest BCUT2D eigenvalue weighted by Gasteiger charge is -2.24. The van der Waals surface area contributed by atoms with E-state index in [1.807, 2.05) is 36.9 Å². The zero-order valence-electron chi connectivity index (χ0n) is 11.5. The van der Waals surface area contributed by atoms with Crippen molar-refractivity contribution in [1.29, 1.82) is 0 Å². The first-order valence-corrected chi connectivity index (χ1v) is 6.80. The first-order valence-electron chi connectivity index (χ1n) is 6.42. The van der Waals surface area contributed by atoms with Crippen LogP contribution in [0.2, 0.25) is 5.02 Å². The van der Waals surface area contributed by atoms with Crippen LogP contribution in [0.1, 0.15) is 30.8 Å². The Labute approximate surface area is 118 Å². The summed E-state index contributed by atoms with van der Waals surface area (Å²) < 4.78 is 1.84. The van der Waals surface area contributed by atoms with Crippen LogP contribution in [0.5, 0.6) is 0 Å². The van der Waals surface area contributed by atoms with Gasteiger partial charge in [0, 0.05) is 24.2 Å². The second-order valence-corrected chi connectivity index (χ2v) is 5.50. The van der Waals surface area contributed by atoms with Gasteiger partial charge in [0.25, 0.3) is 0 Å². The van der Waals surface area contributed by atoms with Crippen LogP contribution in [0.25, 0.3) is 0 Å². The summed E-state index contributed by atoms with van der Waals surface area (Å²) in [5.74, 6) is 0. The highest BCUT2D eigenvalue weighted by molar-refractivity contribution is 6.30. The predicted octanol–water partition coefficient (Wildman–Crippen LogP) is 3.09. The van der Waals surface area contributed by atoms with E-state index in [1.54, 1.807) is 12.1 Å². The fourth-order valence-corrected chi connectivity index (χ4v) is 2.30. The summed E-state index contributed by atoms with van der Waals surface area (Å²) in [6.45, 7) is 3.89. The number of nitrogens with zero attached hydrogens (tertiary/aromatic N) is 2. The van der Waals surface area contributed by atoms with Gasteiger partial charge in [-0.25, -0.2) is 0 Å². The normalized spacial score (nSPS) is 14.4. The van der Waals surface area contributed by atoms with Crippen molar-refractivity contribution < 1.29 is 5.11 Å². The molecule has 1 heterocycles. The van der Waals surface area contributed by atoms with Crippen LogP contribution in [0.15, 0.2) is 30.3 Å². The van der Waals surface area contributed by atoms with Crippen LogP contribution >= 0.6 is 11.6 Å². The number of aryl methyl sites for hydroxylation is 2. The third kappa shape index (κ3) is 3.17. The molecule has 0 aliphatic rings. The Bertz CT molecular complexity index is 558. The number of rotatable bonds is 4. The molecule has 1 aromatic carbocycles. The van der Waals surface area contributed by atoms with Gasteiger partial charge in [0.15, 0.2) is 0 Å². The molecular weight excluding hydrogens is 260 g/mol. The average molecular weight is 279 g/mol. The smallest absolute Gasteiger partial charge is 0.0923 e. The van der Waals surface area contributed by atoms with Crippen molar-refractivity contribution in [1.82, 2.24) is 9.78 Å². The molecule has 3 nitrogen and oxygen atoms in total. The zero-order chi connectivity index (χ0) is 14.0. The Hall–Kier alpha value is -1.32. The van der Waals surface area contributed by atoms with E-state index in [4.69, 9.17) is 11.6 Å². The molecule has 0 saturated carbocycles. The zero-order valence-corrected chi connectivity index (χ0v) is 12.3. The van der Waals surface area contributed by atoms with Crippen molar-refractivity contribution in [2.24, 2.45) is 7.05 Å². The molecule has 0 aliphatic heterocycles. The van der Waals surface area contributed by atoms with Crippen LogP contribution in [0.4, 0.5) is 0 Å². The molecular formula is C15H19ClN2O. The quantitative estimate of drug-likeness (QED) is 0.933. The first kappa shape index (κ1) is 14.1. The van der Waals surface area contributed by atoms with Gasteiger partial charge in [-0.2, -0.15) is 5.10 Å². The fraction of sp³-hybridized carbons (Fsp3) is 0.400. The molecule has 0 aliphatic carbocycles. The molecule has 0 fully saturated rings. The van der Waals surface area contributed by atoms with E-state index in [9.17, 15) is 5.11 Å². The first-order chi connectivity index (χ1) is 8.92. The summed E-state index contributed by atoms with van der Waals surface area (Å²) in [5, 5.41) is 15.7. The maximum atomic E-state index is 10.7. The monoisotopic (exact) mass is 278 g/mol. The minimum Gasteiger partial charge on any atom is -0.385 e. The minimum atomic E-state index is -0.927. The van der Waals surface area contributed by atoms with E-state index in [0.29, 0.717) is 11.4 Å². The molecule has 102 valence electrons. The van der Waals surface area contributed by atoms with Gasteiger partial charge in [0.05, 0.1) is 11.3 Å². The van der Waals surface area contributed by atoms with Gasteiger partial charge in [-0.1, -0.05) is 30.7 Å². The SMILES string of the molecule is CCc1cc(CC(C)(O)c2ccc(Cl)cc2)n(C)n1. The highest BCUT2D eigenvalue weighted by Gasteiger charge is 2.25. The molecule has 2 rings (SSSR count). The number of benzene rings is 1. The van der Waals surface area contributed by atoms with E-state index in [-0.39, 0.29) is 0 Å². The minimum absolute atomic E-state index is 0.526. The molecule has 0 amide bonds. The Morgan fingerprint density at radius 3 is 2.47 bits per heavy atom.